The van der Waals surface area contributed by atoms with E-state index in [1.165, 1.54) is 12.4 Å². The summed E-state index contributed by atoms with van der Waals surface area (Å²) >= 11 is 2.24. The van der Waals surface area contributed by atoms with Gasteiger partial charge in [0.2, 0.25) is 0 Å². The number of fused-ring (bicyclic) bond motifs is 1. The van der Waals surface area contributed by atoms with E-state index < -0.39 is 5.82 Å². The fourth-order valence-electron chi connectivity index (χ4n) is 2.95. The quantitative estimate of drug-likeness (QED) is 0.406. The molecule has 136 valence electrons. The van der Waals surface area contributed by atoms with Crippen molar-refractivity contribution in [1.82, 2.24) is 24.5 Å². The smallest absolute Gasteiger partial charge is 0.322 e. The van der Waals surface area contributed by atoms with E-state index in [0.717, 1.165) is 37.2 Å². The number of nitrogens with zero attached hydrogens (tertiary/aromatic N) is 5. The minimum absolute atomic E-state index is 0.0765. The number of benzene rings is 1. The van der Waals surface area contributed by atoms with Crippen LogP contribution in [-0.4, -0.2) is 24.5 Å². The maximum atomic E-state index is 14.7. The van der Waals surface area contributed by atoms with E-state index in [0.29, 0.717) is 0 Å². The molecule has 0 aliphatic heterocycles. The second-order valence-corrected chi connectivity index (χ2v) is 7.13. The van der Waals surface area contributed by atoms with Crippen molar-refractivity contribution in [2.45, 2.75) is 13.8 Å². The Hall–Kier alpha value is -2.62. The van der Waals surface area contributed by atoms with Gasteiger partial charge in [0.25, 0.3) is 0 Å². The van der Waals surface area contributed by atoms with Crippen molar-refractivity contribution in [2.75, 3.05) is 0 Å². The topological polar surface area (TPSA) is 65.7 Å². The predicted molar refractivity (Wildman–Crippen MR) is 108 cm³/mol. The Kier molecular flexibility index (Phi) is 4.50. The first-order valence-electron chi connectivity index (χ1n) is 8.18. The third-order valence-electron chi connectivity index (χ3n) is 4.28. The molecule has 3 aromatic heterocycles. The standard InChI is InChI=1S/C19H15FIN5O/c1-10-6-7-22-19(25-10)27-14-5-4-12(8-13(14)20)16-15-11(2)23-9-24-18(15)26(3)17(16)21/h4-9H,1-3H3. The highest BCUT2D eigenvalue weighted by Gasteiger charge is 2.19. The summed E-state index contributed by atoms with van der Waals surface area (Å²) in [6, 6.07) is 6.72. The van der Waals surface area contributed by atoms with Gasteiger partial charge < -0.3 is 9.30 Å². The monoisotopic (exact) mass is 475 g/mol. The SMILES string of the molecule is Cc1ccnc(Oc2ccc(-c3c(I)n(C)c4ncnc(C)c34)cc2F)n1. The van der Waals surface area contributed by atoms with Gasteiger partial charge in [-0.25, -0.2) is 24.3 Å². The number of aromatic nitrogens is 5. The van der Waals surface area contributed by atoms with Crippen LogP contribution in [0.1, 0.15) is 11.4 Å². The third kappa shape index (κ3) is 3.14. The summed E-state index contributed by atoms with van der Waals surface area (Å²) in [4.78, 5) is 16.8. The van der Waals surface area contributed by atoms with E-state index in [4.69, 9.17) is 4.74 Å². The molecule has 0 bridgehead atoms. The van der Waals surface area contributed by atoms with Crippen molar-refractivity contribution in [2.24, 2.45) is 7.05 Å². The van der Waals surface area contributed by atoms with E-state index in [1.54, 1.807) is 18.3 Å². The Morgan fingerprint density at radius 3 is 2.67 bits per heavy atom. The summed E-state index contributed by atoms with van der Waals surface area (Å²) < 4.78 is 23.2. The van der Waals surface area contributed by atoms with E-state index in [1.807, 2.05) is 31.5 Å². The zero-order chi connectivity index (χ0) is 19.1. The number of halogens is 2. The van der Waals surface area contributed by atoms with Crippen molar-refractivity contribution < 1.29 is 9.13 Å². The second-order valence-electron chi connectivity index (χ2n) is 6.11. The van der Waals surface area contributed by atoms with Crippen molar-refractivity contribution in [3.8, 4) is 22.9 Å². The number of aryl methyl sites for hydroxylation is 3. The van der Waals surface area contributed by atoms with Crippen molar-refractivity contribution in [3.63, 3.8) is 0 Å². The first kappa shape index (κ1) is 17.8. The number of ether oxygens (including phenoxy) is 1. The molecular formula is C19H15FIN5O. The molecule has 0 fully saturated rings. The minimum Gasteiger partial charge on any atom is -0.421 e. The van der Waals surface area contributed by atoms with Gasteiger partial charge in [-0.1, -0.05) is 6.07 Å². The highest BCUT2D eigenvalue weighted by Crippen LogP contribution is 2.37. The molecule has 4 aromatic rings. The lowest BCUT2D eigenvalue weighted by atomic mass is 10.0. The average molecular weight is 475 g/mol. The summed E-state index contributed by atoms with van der Waals surface area (Å²) in [5, 5.41) is 0.916. The van der Waals surface area contributed by atoms with Crippen LogP contribution >= 0.6 is 22.6 Å². The minimum atomic E-state index is -0.486. The molecule has 0 unspecified atom stereocenters. The van der Waals surface area contributed by atoms with Gasteiger partial charge in [0.1, 0.15) is 12.0 Å². The fourth-order valence-corrected chi connectivity index (χ4v) is 3.76. The van der Waals surface area contributed by atoms with Crippen LogP contribution in [0.4, 0.5) is 4.39 Å². The lowest BCUT2D eigenvalue weighted by molar-refractivity contribution is 0.410. The molecule has 0 amide bonds. The second kappa shape index (κ2) is 6.84. The van der Waals surface area contributed by atoms with Gasteiger partial charge >= 0.3 is 6.01 Å². The summed E-state index contributed by atoms with van der Waals surface area (Å²) in [5.74, 6) is -0.410. The van der Waals surface area contributed by atoms with Gasteiger partial charge in [0.15, 0.2) is 11.6 Å². The predicted octanol–water partition coefficient (Wildman–Crippen LogP) is 4.58. The molecule has 0 saturated carbocycles. The molecule has 27 heavy (non-hydrogen) atoms. The normalized spacial score (nSPS) is 11.1. The Morgan fingerprint density at radius 1 is 1.11 bits per heavy atom. The van der Waals surface area contributed by atoms with Gasteiger partial charge in [0, 0.05) is 29.9 Å². The van der Waals surface area contributed by atoms with E-state index >= 15 is 0 Å². The Balaban J connectivity index is 1.80. The van der Waals surface area contributed by atoms with Gasteiger partial charge in [-0.15, -0.1) is 0 Å². The van der Waals surface area contributed by atoms with Crippen LogP contribution < -0.4 is 4.74 Å². The number of hydrogen-bond acceptors (Lipinski definition) is 5. The molecule has 0 aliphatic rings. The molecule has 1 aromatic carbocycles. The van der Waals surface area contributed by atoms with Gasteiger partial charge in [0.05, 0.1) is 9.39 Å². The summed E-state index contributed by atoms with van der Waals surface area (Å²) in [7, 11) is 1.93. The summed E-state index contributed by atoms with van der Waals surface area (Å²) in [5.41, 5.74) is 4.05. The van der Waals surface area contributed by atoms with Crippen LogP contribution in [0.2, 0.25) is 0 Å². The first-order chi connectivity index (χ1) is 13.0. The van der Waals surface area contributed by atoms with Crippen molar-refractivity contribution >= 4 is 33.6 Å². The Bertz CT molecular complexity index is 1170. The molecule has 3 heterocycles. The molecule has 0 spiro atoms. The number of rotatable bonds is 3. The Labute approximate surface area is 168 Å². The molecule has 0 radical (unpaired) electrons. The average Bonchev–Trinajstić information content (AvgIpc) is 2.90. The van der Waals surface area contributed by atoms with Crippen molar-refractivity contribution in [3.05, 3.63) is 57.7 Å². The van der Waals surface area contributed by atoms with Crippen LogP contribution in [0.5, 0.6) is 11.8 Å². The van der Waals surface area contributed by atoms with E-state index in [-0.39, 0.29) is 11.8 Å². The first-order valence-corrected chi connectivity index (χ1v) is 9.26. The molecule has 0 N–H and O–H groups in total. The van der Waals surface area contributed by atoms with Gasteiger partial charge in [-0.3, -0.25) is 0 Å². The van der Waals surface area contributed by atoms with Gasteiger partial charge in [-0.2, -0.15) is 0 Å². The summed E-state index contributed by atoms with van der Waals surface area (Å²) in [6.07, 6.45) is 3.11. The number of hydrogen-bond donors (Lipinski definition) is 0. The lowest BCUT2D eigenvalue weighted by Crippen LogP contribution is -1.95. The molecule has 8 heteroatoms. The molecule has 0 aliphatic carbocycles. The van der Waals surface area contributed by atoms with Crippen LogP contribution in [0.3, 0.4) is 0 Å². The van der Waals surface area contributed by atoms with Crippen LogP contribution in [0, 0.1) is 23.4 Å². The molecule has 0 atom stereocenters. The van der Waals surface area contributed by atoms with Gasteiger partial charge in [-0.05, 0) is 60.2 Å². The van der Waals surface area contributed by atoms with Crippen molar-refractivity contribution in [1.29, 1.82) is 0 Å². The third-order valence-corrected chi connectivity index (χ3v) is 5.54. The highest BCUT2D eigenvalue weighted by molar-refractivity contribution is 14.1. The van der Waals surface area contributed by atoms with Crippen LogP contribution in [0.25, 0.3) is 22.2 Å². The molecule has 0 saturated heterocycles. The summed E-state index contributed by atoms with van der Waals surface area (Å²) in [6.45, 7) is 3.74. The van der Waals surface area contributed by atoms with E-state index in [9.17, 15) is 4.39 Å². The maximum absolute atomic E-state index is 14.7. The zero-order valence-corrected chi connectivity index (χ0v) is 17.0. The molecule has 4 rings (SSSR count). The molecular weight excluding hydrogens is 460 g/mol. The lowest BCUT2D eigenvalue weighted by Gasteiger charge is -2.08. The fraction of sp³-hybridized carbons (Fsp3) is 0.158. The zero-order valence-electron chi connectivity index (χ0n) is 14.9. The van der Waals surface area contributed by atoms with Crippen LogP contribution in [0.15, 0.2) is 36.8 Å². The maximum Gasteiger partial charge on any atom is 0.322 e. The largest absolute Gasteiger partial charge is 0.421 e. The molecule has 6 nitrogen and oxygen atoms in total. The van der Waals surface area contributed by atoms with Crippen LogP contribution in [-0.2, 0) is 7.05 Å². The highest BCUT2D eigenvalue weighted by atomic mass is 127. The van der Waals surface area contributed by atoms with E-state index in [2.05, 4.69) is 42.5 Å². The Morgan fingerprint density at radius 2 is 1.93 bits per heavy atom.